The molecule has 10 heteroatoms. The molecule has 100 heavy (non-hydrogen) atoms. The number of hydrogen-bond acceptors (Lipinski definition) is 7. The smallest absolute Gasteiger partial charge is 0.462 e. The average molecular weight is 1400 g/mol. The fraction of sp³-hybridized carbons (Fsp3) is 0.622. The number of quaternary nitrogens is 1. The number of phosphoric ester groups is 1. The van der Waals surface area contributed by atoms with Crippen LogP contribution >= 0.6 is 7.82 Å². The number of carbonyl (C=O) groups is 2. The Bertz CT molecular complexity index is 2400. The number of hydrogen-bond donors (Lipinski definition) is 1. The zero-order valence-electron chi connectivity index (χ0n) is 64.6. The van der Waals surface area contributed by atoms with Crippen LogP contribution < -0.4 is 0 Å². The molecule has 566 valence electrons. The lowest BCUT2D eigenvalue weighted by atomic mass is 10.0. The lowest BCUT2D eigenvalue weighted by Crippen LogP contribution is -2.37. The van der Waals surface area contributed by atoms with Crippen LogP contribution in [0, 0.1) is 0 Å². The van der Waals surface area contributed by atoms with Crippen LogP contribution in [0.1, 0.15) is 309 Å². The molecule has 0 radical (unpaired) electrons. The van der Waals surface area contributed by atoms with E-state index in [2.05, 4.69) is 208 Å². The van der Waals surface area contributed by atoms with Crippen molar-refractivity contribution in [1.29, 1.82) is 0 Å². The Kier molecular flexibility index (Phi) is 74.0. The van der Waals surface area contributed by atoms with Gasteiger partial charge in [-0.25, -0.2) is 4.57 Å². The summed E-state index contributed by atoms with van der Waals surface area (Å²) in [5.41, 5.74) is 0. The molecule has 0 aliphatic carbocycles. The van der Waals surface area contributed by atoms with Crippen molar-refractivity contribution in [1.82, 2.24) is 0 Å². The van der Waals surface area contributed by atoms with E-state index in [4.69, 9.17) is 18.5 Å². The molecule has 0 amide bonds. The Morgan fingerprint density at radius 2 is 0.540 bits per heavy atom. The Balaban J connectivity index is 4.07. The van der Waals surface area contributed by atoms with Crippen LogP contribution in [0.15, 0.2) is 194 Å². The zero-order valence-corrected chi connectivity index (χ0v) is 65.5. The van der Waals surface area contributed by atoms with E-state index in [9.17, 15) is 19.0 Å². The van der Waals surface area contributed by atoms with Crippen molar-refractivity contribution >= 4 is 19.8 Å². The first-order valence-electron chi connectivity index (χ1n) is 40.2. The molecule has 0 rings (SSSR count). The topological polar surface area (TPSA) is 108 Å². The largest absolute Gasteiger partial charge is 0.472 e. The van der Waals surface area contributed by atoms with Crippen LogP contribution in [-0.2, 0) is 32.7 Å². The number of unbranched alkanes of at least 4 members (excludes halogenated alkanes) is 26. The van der Waals surface area contributed by atoms with E-state index < -0.39 is 26.5 Å². The summed E-state index contributed by atoms with van der Waals surface area (Å²) in [7, 11) is 1.44. The van der Waals surface area contributed by atoms with Crippen LogP contribution in [0.3, 0.4) is 0 Å². The summed E-state index contributed by atoms with van der Waals surface area (Å²) >= 11 is 0. The number of rotatable bonds is 72. The molecule has 2 atom stereocenters. The lowest BCUT2D eigenvalue weighted by Gasteiger charge is -2.24. The minimum absolute atomic E-state index is 0.0167. The van der Waals surface area contributed by atoms with Gasteiger partial charge in [0.25, 0.3) is 0 Å². The predicted molar refractivity (Wildman–Crippen MR) is 435 cm³/mol. The second-order valence-electron chi connectivity index (χ2n) is 27.3. The first-order valence-corrected chi connectivity index (χ1v) is 41.7. The van der Waals surface area contributed by atoms with Gasteiger partial charge >= 0.3 is 19.8 Å². The highest BCUT2D eigenvalue weighted by molar-refractivity contribution is 7.47. The highest BCUT2D eigenvalue weighted by atomic mass is 31.2. The number of allylic oxidation sites excluding steroid dienone is 32. The molecule has 0 fully saturated rings. The Labute approximate surface area is 615 Å². The number of carbonyl (C=O) groups excluding carboxylic acids is 2. The van der Waals surface area contributed by atoms with Gasteiger partial charge in [-0.15, -0.1) is 0 Å². The maximum absolute atomic E-state index is 12.9. The van der Waals surface area contributed by atoms with Crippen LogP contribution in [0.25, 0.3) is 0 Å². The Morgan fingerprint density at radius 1 is 0.310 bits per heavy atom. The van der Waals surface area contributed by atoms with Crippen molar-refractivity contribution < 1.29 is 42.1 Å². The van der Waals surface area contributed by atoms with Gasteiger partial charge in [0.05, 0.1) is 27.7 Å². The van der Waals surface area contributed by atoms with Crippen LogP contribution in [0.4, 0.5) is 0 Å². The molecule has 0 heterocycles. The number of esters is 2. The molecule has 0 saturated carbocycles. The molecule has 0 spiro atoms. The third-order valence-electron chi connectivity index (χ3n) is 16.6. The summed E-state index contributed by atoms with van der Waals surface area (Å²) in [4.78, 5) is 36.0. The molecule has 9 nitrogen and oxygen atoms in total. The van der Waals surface area contributed by atoms with E-state index in [0.717, 1.165) is 141 Å². The van der Waals surface area contributed by atoms with Crippen molar-refractivity contribution in [3.05, 3.63) is 194 Å². The first kappa shape index (κ1) is 94.8. The molecule has 2 unspecified atom stereocenters. The summed E-state index contributed by atoms with van der Waals surface area (Å²) < 4.78 is 34.8. The molecule has 0 bridgehead atoms. The van der Waals surface area contributed by atoms with Crippen molar-refractivity contribution in [3.8, 4) is 0 Å². The summed E-state index contributed by atoms with van der Waals surface area (Å²) in [6.07, 6.45) is 121. The molecule has 0 aromatic rings. The van der Waals surface area contributed by atoms with E-state index >= 15 is 0 Å². The fourth-order valence-electron chi connectivity index (χ4n) is 10.6. The number of ether oxygens (including phenoxy) is 2. The maximum Gasteiger partial charge on any atom is 0.472 e. The van der Waals surface area contributed by atoms with E-state index in [1.807, 2.05) is 21.1 Å². The van der Waals surface area contributed by atoms with Crippen LogP contribution in [-0.4, -0.2) is 74.9 Å². The zero-order chi connectivity index (χ0) is 72.5. The number of likely N-dealkylation sites (N-methyl/N-ethyl adjacent to an activating group) is 1. The van der Waals surface area contributed by atoms with E-state index in [1.54, 1.807) is 0 Å². The Morgan fingerprint density at radius 3 is 0.810 bits per heavy atom. The first-order chi connectivity index (χ1) is 49.0. The average Bonchev–Trinajstić information content (AvgIpc) is 1.02. The van der Waals surface area contributed by atoms with Crippen molar-refractivity contribution in [2.24, 2.45) is 0 Å². The van der Waals surface area contributed by atoms with Gasteiger partial charge in [-0.05, 0) is 141 Å². The van der Waals surface area contributed by atoms with Gasteiger partial charge in [0.1, 0.15) is 19.8 Å². The summed E-state index contributed by atoms with van der Waals surface area (Å²) in [6.45, 7) is 4.17. The lowest BCUT2D eigenvalue weighted by molar-refractivity contribution is -0.870. The molecule has 0 aromatic heterocycles. The highest BCUT2D eigenvalue weighted by Gasteiger charge is 2.27. The second-order valence-corrected chi connectivity index (χ2v) is 28.8. The minimum atomic E-state index is -4.42. The quantitative estimate of drug-likeness (QED) is 0.0211. The molecule has 0 aliphatic rings. The molecule has 0 aromatic carbocycles. The van der Waals surface area contributed by atoms with Crippen molar-refractivity contribution in [3.63, 3.8) is 0 Å². The van der Waals surface area contributed by atoms with Gasteiger partial charge in [-0.3, -0.25) is 18.6 Å². The van der Waals surface area contributed by atoms with E-state index in [0.29, 0.717) is 17.4 Å². The van der Waals surface area contributed by atoms with E-state index in [1.165, 1.54) is 135 Å². The third-order valence-corrected chi connectivity index (χ3v) is 17.6. The third kappa shape index (κ3) is 81.8. The maximum atomic E-state index is 12.9. The van der Waals surface area contributed by atoms with Gasteiger partial charge in [-0.1, -0.05) is 350 Å². The normalized spacial score (nSPS) is 14.1. The Hall–Kier alpha value is -5.15. The minimum Gasteiger partial charge on any atom is -0.462 e. The van der Waals surface area contributed by atoms with Gasteiger partial charge < -0.3 is 18.9 Å². The fourth-order valence-corrected chi connectivity index (χ4v) is 11.3. The van der Waals surface area contributed by atoms with Crippen LogP contribution in [0.5, 0.6) is 0 Å². The second kappa shape index (κ2) is 78.0. The molecular formula is C90H149NO8P+. The molecular weight excluding hydrogens is 1250 g/mol. The molecule has 0 saturated heterocycles. The molecule has 1 N–H and O–H groups in total. The number of nitrogens with zero attached hydrogens (tertiary/aromatic N) is 1. The summed E-state index contributed by atoms with van der Waals surface area (Å²) in [6, 6.07) is 0. The van der Waals surface area contributed by atoms with Crippen molar-refractivity contribution in [2.75, 3.05) is 47.5 Å². The van der Waals surface area contributed by atoms with Gasteiger partial charge in [0.2, 0.25) is 0 Å². The van der Waals surface area contributed by atoms with Gasteiger partial charge in [0, 0.05) is 12.8 Å². The molecule has 0 aliphatic heterocycles. The predicted octanol–water partition coefficient (Wildman–Crippen LogP) is 27.2. The van der Waals surface area contributed by atoms with Crippen molar-refractivity contribution in [2.45, 2.75) is 315 Å². The highest BCUT2D eigenvalue weighted by Crippen LogP contribution is 2.43. The van der Waals surface area contributed by atoms with Gasteiger partial charge in [0.15, 0.2) is 6.10 Å². The summed E-state index contributed by atoms with van der Waals surface area (Å²) in [5.74, 6) is -0.839. The van der Waals surface area contributed by atoms with Gasteiger partial charge in [-0.2, -0.15) is 0 Å². The van der Waals surface area contributed by atoms with E-state index in [-0.39, 0.29) is 32.0 Å². The summed E-state index contributed by atoms with van der Waals surface area (Å²) in [5, 5.41) is 0. The standard InChI is InChI=1S/C90H148NO8P/c1-6-8-10-12-14-16-18-20-22-24-26-28-30-32-34-36-38-40-42-44-45-47-48-50-52-54-56-58-60-62-64-66-68-70-72-74-76-78-80-82-89(92)96-86-88(87-98-100(94,95)97-85-84-91(3,4)5)99-90(93)83-81-79-77-75-73-71-69-67-65-63-61-59-57-55-53-51-49-46-43-41-39-37-35-33-31-29-27-25-23-21-19-17-15-13-11-9-7-2/h8-11,14-17,20-23,26-29,32-35,39,41,46,49,53,55,59,61,65,67,71,73,88H,6-7,12-13,18-19,24-25,30-31,36-38,40,42-45,47-48,50-52,54,56-58,60,62-64,66,68-70,72,74-87H2,1-5H3/p+1/b10-8-,11-9-,16-14-,17-15-,22-20-,23-21-,28-26-,29-27-,34-32-,35-33-,41-39-,49-46-,55-53-,61-59-,67-65-,73-71-. The SMILES string of the molecule is CC/C=C\C/C=C\C/C=C\C/C=C\C/C=C\C/C=C\C/C=C\C/C=C\C/C=C\C/C=C\C/C=C\CCCCCC(=O)OC(COC(=O)CCCCCCCCCCCCCCCCCCCCCCCCC/C=C\C/C=C\C/C=C\C/C=C\C/C=C\CC)COP(=O)(O)OCC[N+](C)(C)C. The van der Waals surface area contributed by atoms with Crippen LogP contribution in [0.2, 0.25) is 0 Å². The monoisotopic (exact) mass is 1400 g/mol. The number of phosphoric acid groups is 1.